The van der Waals surface area contributed by atoms with E-state index < -0.39 is 0 Å². The monoisotopic (exact) mass is 169 g/mol. The molecule has 0 unspecified atom stereocenters. The van der Waals surface area contributed by atoms with Gasteiger partial charge in [-0.15, -0.1) is 0 Å². The van der Waals surface area contributed by atoms with Crippen molar-refractivity contribution in [3.05, 3.63) is 12.0 Å². The van der Waals surface area contributed by atoms with Crippen molar-refractivity contribution in [2.45, 2.75) is 51.5 Å². The number of rotatable bonds is 3. The van der Waals surface area contributed by atoms with E-state index in [4.69, 9.17) is 0 Å². The fourth-order valence-electron chi connectivity index (χ4n) is 1.59. The number of hydrogen-bond acceptors (Lipinski definition) is 2. The molecule has 0 aromatic heterocycles. The fourth-order valence-corrected chi connectivity index (χ4v) is 1.59. The average Bonchev–Trinajstić information content (AvgIpc) is 2.16. The van der Waals surface area contributed by atoms with Gasteiger partial charge < -0.3 is 10.4 Å². The summed E-state index contributed by atoms with van der Waals surface area (Å²) >= 11 is 0. The first-order valence-corrected chi connectivity index (χ1v) is 4.97. The van der Waals surface area contributed by atoms with E-state index in [0.29, 0.717) is 11.8 Å². The van der Waals surface area contributed by atoms with Crippen LogP contribution in [0, 0.1) is 0 Å². The van der Waals surface area contributed by atoms with Gasteiger partial charge in [-0.25, -0.2) is 0 Å². The summed E-state index contributed by atoms with van der Waals surface area (Å²) in [5, 5.41) is 12.4. The van der Waals surface area contributed by atoms with Crippen LogP contribution in [0.15, 0.2) is 12.0 Å². The molecular weight excluding hydrogens is 150 g/mol. The second-order valence-electron chi connectivity index (χ2n) is 3.49. The summed E-state index contributed by atoms with van der Waals surface area (Å²) < 4.78 is 0. The third kappa shape index (κ3) is 3.16. The van der Waals surface area contributed by atoms with Gasteiger partial charge in [-0.3, -0.25) is 0 Å². The minimum absolute atomic E-state index is 0.459. The molecule has 0 amide bonds. The number of aliphatic hydroxyl groups excluding tert-OH is 1. The summed E-state index contributed by atoms with van der Waals surface area (Å²) in [6, 6.07) is 0.604. The maximum absolute atomic E-state index is 9.19. The molecule has 1 aliphatic rings. The molecule has 0 aliphatic heterocycles. The molecule has 2 nitrogen and oxygen atoms in total. The molecule has 2 N–H and O–H groups in total. The lowest BCUT2D eigenvalue weighted by molar-refractivity contribution is 0.369. The zero-order valence-corrected chi connectivity index (χ0v) is 7.84. The van der Waals surface area contributed by atoms with Gasteiger partial charge in [0.15, 0.2) is 0 Å². The van der Waals surface area contributed by atoms with Crippen LogP contribution >= 0.6 is 0 Å². The number of nitrogens with one attached hydrogen (secondary N) is 1. The average molecular weight is 169 g/mol. The Hall–Kier alpha value is -0.660. The maximum Gasteiger partial charge on any atom is 0.108 e. The van der Waals surface area contributed by atoms with Crippen LogP contribution in [-0.2, 0) is 0 Å². The Labute approximate surface area is 74.7 Å². The molecule has 70 valence electrons. The van der Waals surface area contributed by atoms with Gasteiger partial charge in [-0.2, -0.15) is 0 Å². The van der Waals surface area contributed by atoms with Crippen molar-refractivity contribution in [3.8, 4) is 0 Å². The topological polar surface area (TPSA) is 32.3 Å². The van der Waals surface area contributed by atoms with E-state index in [1.807, 2.05) is 6.92 Å². The molecule has 0 aromatic carbocycles. The number of allylic oxidation sites excluding steroid dienone is 1. The Morgan fingerprint density at radius 1 is 1.42 bits per heavy atom. The van der Waals surface area contributed by atoms with Crippen LogP contribution in [0.3, 0.4) is 0 Å². The highest BCUT2D eigenvalue weighted by Gasteiger charge is 2.10. The highest BCUT2D eigenvalue weighted by Crippen LogP contribution is 2.17. The van der Waals surface area contributed by atoms with E-state index in [9.17, 15) is 5.11 Å². The molecule has 0 atom stereocenters. The van der Waals surface area contributed by atoms with E-state index in [-0.39, 0.29) is 0 Å². The van der Waals surface area contributed by atoms with Crippen molar-refractivity contribution < 1.29 is 5.11 Å². The standard InChI is InChI=1S/C10H19NO/c1-2-10(12)8-11-9-6-4-3-5-7-9/h8-9,11-12H,2-7H2,1H3. The van der Waals surface area contributed by atoms with Crippen molar-refractivity contribution in [1.82, 2.24) is 5.32 Å². The highest BCUT2D eigenvalue weighted by molar-refractivity contribution is 4.90. The largest absolute Gasteiger partial charge is 0.511 e. The van der Waals surface area contributed by atoms with E-state index in [2.05, 4.69) is 5.32 Å². The highest BCUT2D eigenvalue weighted by atomic mass is 16.3. The Bertz CT molecular complexity index is 148. The van der Waals surface area contributed by atoms with Crippen molar-refractivity contribution in [3.63, 3.8) is 0 Å². The summed E-state index contributed by atoms with van der Waals surface area (Å²) in [4.78, 5) is 0. The lowest BCUT2D eigenvalue weighted by Crippen LogP contribution is -2.26. The Kier molecular flexibility index (Phi) is 3.98. The second kappa shape index (κ2) is 5.07. The second-order valence-corrected chi connectivity index (χ2v) is 3.49. The van der Waals surface area contributed by atoms with Gasteiger partial charge in [0.1, 0.15) is 5.76 Å². The van der Waals surface area contributed by atoms with E-state index in [1.54, 1.807) is 6.20 Å². The molecule has 0 spiro atoms. The molecular formula is C10H19NO. The van der Waals surface area contributed by atoms with Crippen LogP contribution < -0.4 is 5.32 Å². The van der Waals surface area contributed by atoms with Crippen molar-refractivity contribution in [2.75, 3.05) is 0 Å². The summed E-state index contributed by atoms with van der Waals surface area (Å²) in [6.45, 7) is 1.95. The van der Waals surface area contributed by atoms with Crippen LogP contribution in [0.2, 0.25) is 0 Å². The van der Waals surface area contributed by atoms with Crippen LogP contribution in [0.1, 0.15) is 45.4 Å². The predicted molar refractivity (Wildman–Crippen MR) is 51.0 cm³/mol. The van der Waals surface area contributed by atoms with Gasteiger partial charge in [-0.05, 0) is 12.8 Å². The molecule has 1 rings (SSSR count). The first-order valence-electron chi connectivity index (χ1n) is 4.97. The molecule has 0 aromatic rings. The predicted octanol–water partition coefficient (Wildman–Crippen LogP) is 2.72. The van der Waals surface area contributed by atoms with Gasteiger partial charge >= 0.3 is 0 Å². The molecule has 1 saturated carbocycles. The molecule has 2 heteroatoms. The fraction of sp³-hybridized carbons (Fsp3) is 0.800. The smallest absolute Gasteiger partial charge is 0.108 e. The summed E-state index contributed by atoms with van der Waals surface area (Å²) in [6.07, 6.45) is 9.04. The van der Waals surface area contributed by atoms with Gasteiger partial charge in [0.2, 0.25) is 0 Å². The van der Waals surface area contributed by atoms with Crippen molar-refractivity contribution in [2.24, 2.45) is 0 Å². The Morgan fingerprint density at radius 3 is 2.67 bits per heavy atom. The Morgan fingerprint density at radius 2 is 2.08 bits per heavy atom. The van der Waals surface area contributed by atoms with Crippen LogP contribution in [0.5, 0.6) is 0 Å². The normalized spacial score (nSPS) is 20.9. The minimum Gasteiger partial charge on any atom is -0.511 e. The molecule has 12 heavy (non-hydrogen) atoms. The van der Waals surface area contributed by atoms with Crippen LogP contribution in [0.4, 0.5) is 0 Å². The van der Waals surface area contributed by atoms with Gasteiger partial charge in [0.05, 0.1) is 0 Å². The van der Waals surface area contributed by atoms with Crippen LogP contribution in [-0.4, -0.2) is 11.1 Å². The van der Waals surface area contributed by atoms with Crippen molar-refractivity contribution in [1.29, 1.82) is 0 Å². The molecule has 0 radical (unpaired) electrons. The number of aliphatic hydroxyl groups is 1. The number of hydrogen-bond donors (Lipinski definition) is 2. The third-order valence-electron chi connectivity index (χ3n) is 2.45. The lowest BCUT2D eigenvalue weighted by atomic mass is 9.96. The quantitative estimate of drug-likeness (QED) is 0.637. The van der Waals surface area contributed by atoms with Crippen molar-refractivity contribution >= 4 is 0 Å². The van der Waals surface area contributed by atoms with E-state index in [1.165, 1.54) is 32.1 Å². The first kappa shape index (κ1) is 9.43. The molecule has 0 heterocycles. The SMILES string of the molecule is CCC(O)=CNC1CCCCC1. The lowest BCUT2D eigenvalue weighted by Gasteiger charge is -2.21. The van der Waals surface area contributed by atoms with E-state index in [0.717, 1.165) is 6.42 Å². The van der Waals surface area contributed by atoms with Gasteiger partial charge in [0, 0.05) is 18.7 Å². The first-order chi connectivity index (χ1) is 5.83. The zero-order valence-electron chi connectivity index (χ0n) is 7.84. The molecule has 0 saturated heterocycles. The minimum atomic E-state index is 0.459. The van der Waals surface area contributed by atoms with E-state index >= 15 is 0 Å². The molecule has 1 fully saturated rings. The summed E-state index contributed by atoms with van der Waals surface area (Å²) in [5.74, 6) is 0.459. The summed E-state index contributed by atoms with van der Waals surface area (Å²) in [7, 11) is 0. The summed E-state index contributed by atoms with van der Waals surface area (Å²) in [5.41, 5.74) is 0. The van der Waals surface area contributed by atoms with Gasteiger partial charge in [0.25, 0.3) is 0 Å². The third-order valence-corrected chi connectivity index (χ3v) is 2.45. The zero-order chi connectivity index (χ0) is 8.81. The molecule has 1 aliphatic carbocycles. The van der Waals surface area contributed by atoms with Crippen LogP contribution in [0.25, 0.3) is 0 Å². The Balaban J connectivity index is 2.21. The maximum atomic E-state index is 9.19. The molecule has 0 bridgehead atoms. The van der Waals surface area contributed by atoms with Gasteiger partial charge in [-0.1, -0.05) is 26.2 Å².